The van der Waals surface area contributed by atoms with Gasteiger partial charge in [-0.25, -0.2) is 0 Å². The molecule has 1 aliphatic rings. The summed E-state index contributed by atoms with van der Waals surface area (Å²) < 4.78 is 5.12. The fraction of sp³-hybridized carbons (Fsp3) is 1.00. The molecule has 0 aromatic rings. The van der Waals surface area contributed by atoms with Gasteiger partial charge in [-0.15, -0.1) is 0 Å². The van der Waals surface area contributed by atoms with E-state index in [4.69, 9.17) is 9.84 Å². The van der Waals surface area contributed by atoms with E-state index in [1.165, 1.54) is 0 Å². The van der Waals surface area contributed by atoms with Gasteiger partial charge in [-0.1, -0.05) is 0 Å². The first-order chi connectivity index (χ1) is 4.43. The Balaban J connectivity index is -0.000000270. The average Bonchev–Trinajstić information content (AvgIpc) is 1.91. The molecule has 0 aromatic carbocycles. The second kappa shape index (κ2) is 7.12. The van der Waals surface area contributed by atoms with Gasteiger partial charge in [0.25, 0.3) is 0 Å². The first-order valence-electron chi connectivity index (χ1n) is 3.34. The van der Waals surface area contributed by atoms with Crippen LogP contribution in [-0.2, 0) is 4.74 Å². The molecule has 1 heterocycles. The Morgan fingerprint density at radius 3 is 2.50 bits per heavy atom. The van der Waals surface area contributed by atoms with Gasteiger partial charge in [-0.3, -0.25) is 4.90 Å². The van der Waals surface area contributed by atoms with Crippen molar-refractivity contribution in [3.63, 3.8) is 0 Å². The molecule has 0 unspecified atom stereocenters. The number of β-amino-alcohol motifs (C(OH)–C–C–N with tert-alkyl or cyclic N) is 1. The molecule has 0 amide bonds. The molecule has 4 heteroatoms. The zero-order valence-electron chi connectivity index (χ0n) is 8.25. The van der Waals surface area contributed by atoms with Crippen LogP contribution in [0.25, 0.3) is 0 Å². The second-order valence-corrected chi connectivity index (χ2v) is 2.18. The zero-order chi connectivity index (χ0) is 6.53. The van der Waals surface area contributed by atoms with Gasteiger partial charge in [0, 0.05) is 19.6 Å². The van der Waals surface area contributed by atoms with Gasteiger partial charge < -0.3 is 12.7 Å². The number of nitrogens with zero attached hydrogens (tertiary/aromatic N) is 1. The van der Waals surface area contributed by atoms with Gasteiger partial charge in [0.15, 0.2) is 0 Å². The predicted octanol–water partition coefficient (Wildman–Crippen LogP) is -0.845. The summed E-state index contributed by atoms with van der Waals surface area (Å²) in [5, 5.41) is 8.54. The molecule has 0 aromatic heterocycles. The molecule has 1 aliphatic heterocycles. The van der Waals surface area contributed by atoms with E-state index in [1.807, 2.05) is 0 Å². The minimum atomic E-state index is 0. The molecule has 0 bridgehead atoms. The molecule has 3 nitrogen and oxygen atoms in total. The van der Waals surface area contributed by atoms with Crippen molar-refractivity contribution in [3.05, 3.63) is 0 Å². The maximum atomic E-state index is 8.54. The SMILES string of the molecule is OCCN1CCOCC1.[Ba+2].[H-].[H-]. The smallest absolute Gasteiger partial charge is 1.00 e. The van der Waals surface area contributed by atoms with Gasteiger partial charge in [0.1, 0.15) is 0 Å². The van der Waals surface area contributed by atoms with Gasteiger partial charge in [-0.05, 0) is 0 Å². The molecular weight excluding hydrogens is 255 g/mol. The first kappa shape index (κ1) is 11.5. The van der Waals surface area contributed by atoms with Crippen LogP contribution in [-0.4, -0.2) is 98.3 Å². The van der Waals surface area contributed by atoms with E-state index in [2.05, 4.69) is 4.90 Å². The van der Waals surface area contributed by atoms with Crippen LogP contribution < -0.4 is 0 Å². The predicted molar refractivity (Wildman–Crippen MR) is 42.3 cm³/mol. The first-order valence-corrected chi connectivity index (χ1v) is 3.34. The standard InChI is InChI=1S/C6H13NO2.Ba.2H/c8-4-1-7-2-5-9-6-3-7;;;/h8H,1-6H2;;;/q;+2;2*-1. The van der Waals surface area contributed by atoms with Crippen molar-refractivity contribution in [2.24, 2.45) is 0 Å². The number of morpholine rings is 1. The third-order valence-corrected chi connectivity index (χ3v) is 1.52. The van der Waals surface area contributed by atoms with Crippen LogP contribution in [0.5, 0.6) is 0 Å². The van der Waals surface area contributed by atoms with Gasteiger partial charge in [-0.2, -0.15) is 0 Å². The Kier molecular flexibility index (Phi) is 8.15. The summed E-state index contributed by atoms with van der Waals surface area (Å²) in [5.41, 5.74) is 0. The maximum Gasteiger partial charge on any atom is 2.00 e. The number of rotatable bonds is 2. The quantitative estimate of drug-likeness (QED) is 0.664. The van der Waals surface area contributed by atoms with Gasteiger partial charge in [0.05, 0.1) is 19.8 Å². The van der Waals surface area contributed by atoms with Crippen LogP contribution in [0, 0.1) is 0 Å². The number of aliphatic hydroxyl groups excluding tert-OH is 1. The molecule has 0 saturated carbocycles. The Labute approximate surface area is 105 Å². The summed E-state index contributed by atoms with van der Waals surface area (Å²) in [6, 6.07) is 0. The number of hydrogen-bond donors (Lipinski definition) is 1. The van der Waals surface area contributed by atoms with Crippen molar-refractivity contribution in [1.82, 2.24) is 4.90 Å². The third-order valence-electron chi connectivity index (χ3n) is 1.52. The molecule has 0 atom stereocenters. The summed E-state index contributed by atoms with van der Waals surface area (Å²) in [6.07, 6.45) is 0. The topological polar surface area (TPSA) is 32.7 Å². The normalized spacial score (nSPS) is 20.1. The van der Waals surface area contributed by atoms with E-state index < -0.39 is 0 Å². The second-order valence-electron chi connectivity index (χ2n) is 2.18. The van der Waals surface area contributed by atoms with Crippen molar-refractivity contribution in [1.29, 1.82) is 0 Å². The summed E-state index contributed by atoms with van der Waals surface area (Å²) in [5.74, 6) is 0. The number of hydrogen-bond acceptors (Lipinski definition) is 3. The summed E-state index contributed by atoms with van der Waals surface area (Å²) in [6.45, 7) is 4.64. The molecule has 0 aliphatic carbocycles. The largest absolute Gasteiger partial charge is 2.00 e. The molecule has 1 fully saturated rings. The number of aliphatic hydroxyl groups is 1. The minimum absolute atomic E-state index is 0. The Hall–Kier alpha value is 1.45. The zero-order valence-corrected chi connectivity index (χ0v) is 10.7. The van der Waals surface area contributed by atoms with E-state index >= 15 is 0 Å². The average molecular weight is 271 g/mol. The van der Waals surface area contributed by atoms with Gasteiger partial charge >= 0.3 is 48.9 Å². The van der Waals surface area contributed by atoms with Crippen molar-refractivity contribution in [2.75, 3.05) is 39.5 Å². The maximum absolute atomic E-state index is 8.54. The fourth-order valence-electron chi connectivity index (χ4n) is 0.966. The molecule has 1 rings (SSSR count). The van der Waals surface area contributed by atoms with Crippen LogP contribution in [0.1, 0.15) is 2.85 Å². The molecule has 0 radical (unpaired) electrons. The Morgan fingerprint density at radius 1 is 1.40 bits per heavy atom. The van der Waals surface area contributed by atoms with E-state index in [0.29, 0.717) is 0 Å². The van der Waals surface area contributed by atoms with E-state index in [-0.39, 0.29) is 58.3 Å². The molecule has 0 spiro atoms. The summed E-state index contributed by atoms with van der Waals surface area (Å²) in [4.78, 5) is 2.20. The molecule has 10 heavy (non-hydrogen) atoms. The Morgan fingerprint density at radius 2 is 2.00 bits per heavy atom. The molecule has 58 valence electrons. The van der Waals surface area contributed by atoms with Crippen LogP contribution in [0.2, 0.25) is 0 Å². The van der Waals surface area contributed by atoms with Crippen LogP contribution in [0.4, 0.5) is 0 Å². The van der Waals surface area contributed by atoms with E-state index in [9.17, 15) is 0 Å². The summed E-state index contributed by atoms with van der Waals surface area (Å²) >= 11 is 0. The van der Waals surface area contributed by atoms with Crippen molar-refractivity contribution in [2.45, 2.75) is 0 Å². The molecular formula is C6H15BaNO2. The van der Waals surface area contributed by atoms with Gasteiger partial charge in [0.2, 0.25) is 0 Å². The minimum Gasteiger partial charge on any atom is -1.00 e. The van der Waals surface area contributed by atoms with E-state index in [1.54, 1.807) is 0 Å². The fourth-order valence-corrected chi connectivity index (χ4v) is 0.966. The molecule has 1 saturated heterocycles. The van der Waals surface area contributed by atoms with Crippen molar-refractivity contribution >= 4 is 48.9 Å². The van der Waals surface area contributed by atoms with Crippen molar-refractivity contribution < 1.29 is 12.7 Å². The van der Waals surface area contributed by atoms with Crippen LogP contribution in [0.15, 0.2) is 0 Å². The van der Waals surface area contributed by atoms with Crippen molar-refractivity contribution in [3.8, 4) is 0 Å². The van der Waals surface area contributed by atoms with E-state index in [0.717, 1.165) is 32.8 Å². The number of ether oxygens (including phenoxy) is 1. The molecule has 1 N–H and O–H groups in total. The summed E-state index contributed by atoms with van der Waals surface area (Å²) in [7, 11) is 0. The third kappa shape index (κ3) is 4.35. The Bertz CT molecular complexity index is 81.2. The monoisotopic (exact) mass is 271 g/mol. The van der Waals surface area contributed by atoms with Crippen LogP contribution in [0.3, 0.4) is 0 Å². The van der Waals surface area contributed by atoms with Crippen LogP contribution >= 0.6 is 0 Å².